The molecular weight excluding hydrogens is 300 g/mol. The van der Waals surface area contributed by atoms with E-state index in [1.165, 1.54) is 11.1 Å². The highest BCUT2D eigenvalue weighted by Crippen LogP contribution is 2.23. The van der Waals surface area contributed by atoms with E-state index in [1.54, 1.807) is 0 Å². The predicted molar refractivity (Wildman–Crippen MR) is 93.7 cm³/mol. The van der Waals surface area contributed by atoms with Crippen molar-refractivity contribution in [1.29, 1.82) is 0 Å². The molecule has 4 heteroatoms. The first-order chi connectivity index (χ1) is 11.6. The molecule has 1 aliphatic rings. The zero-order chi connectivity index (χ0) is 16.9. The van der Waals surface area contributed by atoms with Crippen molar-refractivity contribution in [2.24, 2.45) is 5.92 Å². The maximum Gasteiger partial charge on any atom is 0.138 e. The summed E-state index contributed by atoms with van der Waals surface area (Å²) in [6.07, 6.45) is 3.60. The Morgan fingerprint density at radius 2 is 2.08 bits per heavy atom. The Hall–Kier alpha value is -1.94. The van der Waals surface area contributed by atoms with Crippen molar-refractivity contribution in [3.63, 3.8) is 0 Å². The molecule has 0 bridgehead atoms. The molecule has 3 rings (SSSR count). The minimum absolute atomic E-state index is 0.169. The lowest BCUT2D eigenvalue weighted by molar-refractivity contribution is -0.124. The highest BCUT2D eigenvalue weighted by molar-refractivity contribution is 5.81. The molecule has 0 aliphatic carbocycles. The van der Waals surface area contributed by atoms with Crippen molar-refractivity contribution < 1.29 is 9.32 Å². The molecule has 1 saturated heterocycles. The van der Waals surface area contributed by atoms with Gasteiger partial charge in [-0.1, -0.05) is 35.5 Å². The van der Waals surface area contributed by atoms with Gasteiger partial charge in [0.05, 0.1) is 5.69 Å². The Morgan fingerprint density at radius 3 is 2.79 bits per heavy atom. The van der Waals surface area contributed by atoms with Crippen LogP contribution in [0.25, 0.3) is 0 Å². The van der Waals surface area contributed by atoms with Crippen LogP contribution in [0.1, 0.15) is 41.8 Å². The summed E-state index contributed by atoms with van der Waals surface area (Å²) in [6.45, 7) is 6.69. The third-order valence-electron chi connectivity index (χ3n) is 5.03. The number of hydrogen-bond acceptors (Lipinski definition) is 4. The lowest BCUT2D eigenvalue weighted by Gasteiger charge is -2.32. The SMILES string of the molecule is Cc1noc(C)c1CN1CCCC(C(=O)CCc2ccccc2)C1. The molecule has 1 aromatic heterocycles. The van der Waals surface area contributed by atoms with Crippen LogP contribution in [0.2, 0.25) is 0 Å². The molecule has 1 aromatic carbocycles. The summed E-state index contributed by atoms with van der Waals surface area (Å²) in [5, 5.41) is 4.03. The second kappa shape index (κ2) is 7.75. The minimum Gasteiger partial charge on any atom is -0.361 e. The molecule has 2 heterocycles. The number of carbonyl (C=O) groups is 1. The largest absolute Gasteiger partial charge is 0.361 e. The number of aryl methyl sites for hydroxylation is 3. The summed E-state index contributed by atoms with van der Waals surface area (Å²) < 4.78 is 5.26. The third-order valence-corrected chi connectivity index (χ3v) is 5.03. The van der Waals surface area contributed by atoms with E-state index in [2.05, 4.69) is 22.2 Å². The average Bonchev–Trinajstić information content (AvgIpc) is 2.93. The van der Waals surface area contributed by atoms with E-state index in [9.17, 15) is 4.79 Å². The molecule has 1 fully saturated rings. The van der Waals surface area contributed by atoms with Gasteiger partial charge in [0.2, 0.25) is 0 Å². The molecule has 1 unspecified atom stereocenters. The van der Waals surface area contributed by atoms with Crippen LogP contribution in [0.5, 0.6) is 0 Å². The number of hydrogen-bond donors (Lipinski definition) is 0. The fourth-order valence-corrected chi connectivity index (χ4v) is 3.53. The van der Waals surface area contributed by atoms with E-state index < -0.39 is 0 Å². The zero-order valence-corrected chi connectivity index (χ0v) is 14.6. The first-order valence-electron chi connectivity index (χ1n) is 8.84. The van der Waals surface area contributed by atoms with Crippen LogP contribution in [0, 0.1) is 19.8 Å². The van der Waals surface area contributed by atoms with Crippen molar-refractivity contribution in [2.45, 2.75) is 46.1 Å². The number of likely N-dealkylation sites (tertiary alicyclic amines) is 1. The molecule has 0 spiro atoms. The van der Waals surface area contributed by atoms with Crippen molar-refractivity contribution in [3.05, 3.63) is 52.9 Å². The van der Waals surface area contributed by atoms with Gasteiger partial charge in [-0.05, 0) is 45.2 Å². The Morgan fingerprint density at radius 1 is 1.29 bits per heavy atom. The van der Waals surface area contributed by atoms with Crippen LogP contribution in [-0.2, 0) is 17.8 Å². The van der Waals surface area contributed by atoms with Gasteiger partial charge in [0.15, 0.2) is 0 Å². The number of nitrogens with zero attached hydrogens (tertiary/aromatic N) is 2. The van der Waals surface area contributed by atoms with E-state index in [1.807, 2.05) is 32.0 Å². The van der Waals surface area contributed by atoms with Gasteiger partial charge in [0, 0.05) is 31.0 Å². The number of carbonyl (C=O) groups excluding carboxylic acids is 1. The molecule has 0 saturated carbocycles. The number of ketones is 1. The molecule has 4 nitrogen and oxygen atoms in total. The second-order valence-corrected chi connectivity index (χ2v) is 6.83. The molecule has 0 N–H and O–H groups in total. The fraction of sp³-hybridized carbons (Fsp3) is 0.500. The molecule has 128 valence electrons. The molecule has 2 aromatic rings. The Kier molecular flexibility index (Phi) is 5.46. The number of aromatic nitrogens is 1. The van der Waals surface area contributed by atoms with Crippen molar-refractivity contribution in [1.82, 2.24) is 10.1 Å². The zero-order valence-electron chi connectivity index (χ0n) is 14.6. The standard InChI is InChI=1S/C20H26N2O2/c1-15-19(16(2)24-21-15)14-22-12-6-9-18(13-22)20(23)11-10-17-7-4-3-5-8-17/h3-5,7-8,18H,6,9-14H2,1-2H3. The van der Waals surface area contributed by atoms with Gasteiger partial charge in [-0.25, -0.2) is 0 Å². The number of piperidine rings is 1. The van der Waals surface area contributed by atoms with Gasteiger partial charge in [-0.2, -0.15) is 0 Å². The summed E-state index contributed by atoms with van der Waals surface area (Å²) in [4.78, 5) is 15.0. The lowest BCUT2D eigenvalue weighted by Crippen LogP contribution is -2.38. The normalized spacial score (nSPS) is 18.7. The summed E-state index contributed by atoms with van der Waals surface area (Å²) in [7, 11) is 0. The molecule has 24 heavy (non-hydrogen) atoms. The smallest absolute Gasteiger partial charge is 0.138 e. The molecular formula is C20H26N2O2. The summed E-state index contributed by atoms with van der Waals surface area (Å²) in [5.41, 5.74) is 3.38. The van der Waals surface area contributed by atoms with Gasteiger partial charge < -0.3 is 4.52 Å². The monoisotopic (exact) mass is 326 g/mol. The highest BCUT2D eigenvalue weighted by Gasteiger charge is 2.26. The first-order valence-corrected chi connectivity index (χ1v) is 8.84. The van der Waals surface area contributed by atoms with Crippen LogP contribution in [0.4, 0.5) is 0 Å². The Balaban J connectivity index is 1.54. The van der Waals surface area contributed by atoms with Crippen LogP contribution in [0.15, 0.2) is 34.9 Å². The molecule has 1 aliphatic heterocycles. The van der Waals surface area contributed by atoms with Crippen molar-refractivity contribution >= 4 is 5.78 Å². The van der Waals surface area contributed by atoms with Gasteiger partial charge >= 0.3 is 0 Å². The van der Waals surface area contributed by atoms with Crippen LogP contribution >= 0.6 is 0 Å². The van der Waals surface area contributed by atoms with Crippen LogP contribution in [0.3, 0.4) is 0 Å². The van der Waals surface area contributed by atoms with Crippen LogP contribution < -0.4 is 0 Å². The number of benzene rings is 1. The summed E-state index contributed by atoms with van der Waals surface area (Å²) >= 11 is 0. The number of rotatable bonds is 6. The maximum absolute atomic E-state index is 12.6. The van der Waals surface area contributed by atoms with Gasteiger partial charge in [-0.15, -0.1) is 0 Å². The van der Waals surface area contributed by atoms with Gasteiger partial charge in [0.25, 0.3) is 0 Å². The number of Topliss-reactive ketones (excluding diaryl/α,β-unsaturated/α-hetero) is 1. The summed E-state index contributed by atoms with van der Waals surface area (Å²) in [6, 6.07) is 10.3. The van der Waals surface area contributed by atoms with E-state index >= 15 is 0 Å². The van der Waals surface area contributed by atoms with Crippen molar-refractivity contribution in [3.8, 4) is 0 Å². The van der Waals surface area contributed by atoms with Gasteiger partial charge in [0.1, 0.15) is 11.5 Å². The average molecular weight is 326 g/mol. The fourth-order valence-electron chi connectivity index (χ4n) is 3.53. The molecule has 0 amide bonds. The molecule has 0 radical (unpaired) electrons. The van der Waals surface area contributed by atoms with Gasteiger partial charge in [-0.3, -0.25) is 9.69 Å². The maximum atomic E-state index is 12.6. The quantitative estimate of drug-likeness (QED) is 0.812. The third kappa shape index (κ3) is 4.12. The van der Waals surface area contributed by atoms with Crippen LogP contribution in [-0.4, -0.2) is 28.9 Å². The Bertz CT molecular complexity index is 659. The topological polar surface area (TPSA) is 46.3 Å². The van der Waals surface area contributed by atoms with E-state index in [-0.39, 0.29) is 5.92 Å². The Labute approximate surface area is 143 Å². The lowest BCUT2D eigenvalue weighted by atomic mass is 9.90. The minimum atomic E-state index is 0.169. The first kappa shape index (κ1) is 16.9. The van der Waals surface area contributed by atoms with E-state index in [4.69, 9.17) is 4.52 Å². The van der Waals surface area contributed by atoms with E-state index in [0.717, 1.165) is 50.4 Å². The highest BCUT2D eigenvalue weighted by atomic mass is 16.5. The van der Waals surface area contributed by atoms with E-state index in [0.29, 0.717) is 12.2 Å². The second-order valence-electron chi connectivity index (χ2n) is 6.83. The predicted octanol–water partition coefficient (Wildman–Crippen LogP) is 3.71. The summed E-state index contributed by atoms with van der Waals surface area (Å²) in [5.74, 6) is 1.47. The van der Waals surface area contributed by atoms with Crippen molar-refractivity contribution in [2.75, 3.05) is 13.1 Å². The molecule has 1 atom stereocenters.